The van der Waals surface area contributed by atoms with Crippen molar-refractivity contribution in [3.63, 3.8) is 0 Å². The Balaban J connectivity index is 0.00000155. The number of likely N-dealkylation sites (tertiary alicyclic amines) is 1. The molecule has 4 rings (SSSR count). The maximum atomic E-state index is 13.5. The fourth-order valence-corrected chi connectivity index (χ4v) is 4.76. The summed E-state index contributed by atoms with van der Waals surface area (Å²) < 4.78 is 38.7. The zero-order chi connectivity index (χ0) is 30.7. The monoisotopic (exact) mass is 583 g/mol. The molecule has 11 heteroatoms. The van der Waals surface area contributed by atoms with Crippen molar-refractivity contribution in [3.05, 3.63) is 89.9 Å². The largest absolute Gasteiger partial charge is 0.483 e. The van der Waals surface area contributed by atoms with Gasteiger partial charge in [-0.05, 0) is 74.7 Å². The molecule has 224 valence electrons. The maximum absolute atomic E-state index is 13.5. The molecule has 3 aromatic rings. The number of anilines is 2. The lowest BCUT2D eigenvalue weighted by atomic mass is 10.0. The molecule has 0 spiro atoms. The molecule has 1 aliphatic heterocycles. The van der Waals surface area contributed by atoms with E-state index in [-0.39, 0.29) is 18.4 Å². The van der Waals surface area contributed by atoms with Crippen LogP contribution in [0.3, 0.4) is 0 Å². The summed E-state index contributed by atoms with van der Waals surface area (Å²) in [4.78, 5) is 37.0. The Kier molecular flexibility index (Phi) is 11.6. The third-order valence-corrected chi connectivity index (χ3v) is 7.13. The number of hydrogen-bond acceptors (Lipinski definition) is 6. The van der Waals surface area contributed by atoms with Crippen molar-refractivity contribution < 1.29 is 27.9 Å². The first-order valence-corrected chi connectivity index (χ1v) is 13.6. The molecule has 0 atom stereocenters. The Morgan fingerprint density at radius 3 is 2.26 bits per heavy atom. The van der Waals surface area contributed by atoms with Crippen molar-refractivity contribution in [3.8, 4) is 0 Å². The minimum absolute atomic E-state index is 0.0353. The Hall–Kier alpha value is -4.25. The second-order valence-electron chi connectivity index (χ2n) is 10.1. The van der Waals surface area contributed by atoms with Gasteiger partial charge in [0, 0.05) is 56.4 Å². The van der Waals surface area contributed by atoms with E-state index in [9.17, 15) is 18.0 Å². The van der Waals surface area contributed by atoms with Crippen molar-refractivity contribution in [2.24, 2.45) is 0 Å². The predicted octanol–water partition coefficient (Wildman–Crippen LogP) is 5.88. The summed E-state index contributed by atoms with van der Waals surface area (Å²) in [6, 6.07) is 14.8. The van der Waals surface area contributed by atoms with Gasteiger partial charge < -0.3 is 19.8 Å². The number of halogens is 3. The summed E-state index contributed by atoms with van der Waals surface area (Å²) >= 11 is 0. The third kappa shape index (κ3) is 9.13. The smallest absolute Gasteiger partial charge is 0.416 e. The van der Waals surface area contributed by atoms with Crippen LogP contribution in [-0.4, -0.2) is 69.5 Å². The molecule has 0 radical (unpaired) electrons. The number of alkyl halides is 3. The van der Waals surface area contributed by atoms with Gasteiger partial charge in [-0.25, -0.2) is 4.98 Å². The minimum Gasteiger partial charge on any atom is -0.483 e. The molecule has 0 unspecified atom stereocenters. The van der Waals surface area contributed by atoms with E-state index >= 15 is 0 Å². The second kappa shape index (κ2) is 15.1. The number of nitrogens with zero attached hydrogens (tertiary/aromatic N) is 5. The van der Waals surface area contributed by atoms with E-state index in [1.54, 1.807) is 18.5 Å². The molecule has 8 nitrogen and oxygen atoms in total. The molecule has 1 fully saturated rings. The van der Waals surface area contributed by atoms with Crippen LogP contribution in [0.15, 0.2) is 73.1 Å². The molecule has 0 saturated carbocycles. The highest BCUT2D eigenvalue weighted by Gasteiger charge is 2.30. The normalized spacial score (nSPS) is 14.4. The summed E-state index contributed by atoms with van der Waals surface area (Å²) in [5, 5.41) is 6.89. The van der Waals surface area contributed by atoms with Crippen LogP contribution in [0.5, 0.6) is 0 Å². The van der Waals surface area contributed by atoms with E-state index in [1.807, 2.05) is 47.2 Å². The number of hydrogen-bond donors (Lipinski definition) is 1. The molecule has 1 aliphatic rings. The molecule has 0 bridgehead atoms. The van der Waals surface area contributed by atoms with Gasteiger partial charge >= 0.3 is 6.18 Å². The van der Waals surface area contributed by atoms with Crippen LogP contribution >= 0.6 is 0 Å². The fourth-order valence-electron chi connectivity index (χ4n) is 4.76. The van der Waals surface area contributed by atoms with Crippen LogP contribution in [0.2, 0.25) is 0 Å². The molecule has 1 N–H and O–H groups in total. The van der Waals surface area contributed by atoms with Gasteiger partial charge in [0.25, 0.3) is 6.47 Å². The lowest BCUT2D eigenvalue weighted by Gasteiger charge is -2.39. The van der Waals surface area contributed by atoms with Gasteiger partial charge in [0.05, 0.1) is 17.8 Å². The first-order chi connectivity index (χ1) is 20.0. The van der Waals surface area contributed by atoms with Crippen LogP contribution < -0.4 is 4.90 Å². The van der Waals surface area contributed by atoms with E-state index in [4.69, 9.17) is 14.9 Å². The van der Waals surface area contributed by atoms with E-state index in [0.29, 0.717) is 18.2 Å². The third-order valence-electron chi connectivity index (χ3n) is 7.13. The molecule has 1 saturated heterocycles. The van der Waals surface area contributed by atoms with Gasteiger partial charge in [0.1, 0.15) is 5.82 Å². The first kappa shape index (κ1) is 32.3. The van der Waals surface area contributed by atoms with Gasteiger partial charge in [-0.1, -0.05) is 18.2 Å². The number of benzene rings is 1. The van der Waals surface area contributed by atoms with Gasteiger partial charge in [0.15, 0.2) is 0 Å². The first-order valence-electron chi connectivity index (χ1n) is 13.6. The standard InChI is InChI=1S/C30H34F3N5O.CH2O2/c1-22(2)37-19-15-27(16-20-37)38(29(39)12-9-23-7-10-24(11-8-23)30(31,32)33)21-25-5-4-6-28(35-25)36(3)26-13-17-34-18-14-26;2-1-3/h4-14,17-18,22,27H,15-16,19-21H2,1-3H3;1H,(H,2,3)/b12-9+;. The Morgan fingerprint density at radius 2 is 1.69 bits per heavy atom. The van der Waals surface area contributed by atoms with Crippen molar-refractivity contribution in [2.45, 2.75) is 51.5 Å². The molecule has 1 amide bonds. The van der Waals surface area contributed by atoms with Crippen molar-refractivity contribution >= 4 is 30.0 Å². The average Bonchev–Trinajstić information content (AvgIpc) is 2.99. The number of carbonyl (C=O) groups is 2. The zero-order valence-corrected chi connectivity index (χ0v) is 23.9. The number of amides is 1. The summed E-state index contributed by atoms with van der Waals surface area (Å²) in [5.41, 5.74) is 1.52. The van der Waals surface area contributed by atoms with Crippen molar-refractivity contribution in [2.75, 3.05) is 25.0 Å². The van der Waals surface area contributed by atoms with Gasteiger partial charge in [-0.2, -0.15) is 13.2 Å². The molecule has 42 heavy (non-hydrogen) atoms. The number of carboxylic acid groups (broad SMARTS) is 1. The number of piperidine rings is 1. The molecule has 0 aliphatic carbocycles. The quantitative estimate of drug-likeness (QED) is 0.262. The summed E-state index contributed by atoms with van der Waals surface area (Å²) in [5.74, 6) is 0.564. The van der Waals surface area contributed by atoms with Crippen molar-refractivity contribution in [1.29, 1.82) is 0 Å². The highest BCUT2D eigenvalue weighted by atomic mass is 19.4. The Labute approximate surface area is 244 Å². The van der Waals surface area contributed by atoms with Crippen LogP contribution in [0.4, 0.5) is 24.7 Å². The van der Waals surface area contributed by atoms with Gasteiger partial charge in [0.2, 0.25) is 5.91 Å². The molecular weight excluding hydrogens is 547 g/mol. The SMILES string of the molecule is CC(C)N1CCC(N(Cc2cccc(N(C)c3ccncc3)n2)C(=O)/C=C/c2ccc(C(F)(F)F)cc2)CC1.O=CO. The van der Waals surface area contributed by atoms with Crippen LogP contribution in [0.1, 0.15) is 43.5 Å². The number of aromatic nitrogens is 2. The Bertz CT molecular complexity index is 1310. The lowest BCUT2D eigenvalue weighted by molar-refractivity contribution is -0.137. The van der Waals surface area contributed by atoms with Crippen LogP contribution in [0, 0.1) is 0 Å². The summed E-state index contributed by atoms with van der Waals surface area (Å²) in [6.45, 7) is 6.22. The fraction of sp³-hybridized carbons (Fsp3) is 0.355. The van der Waals surface area contributed by atoms with E-state index < -0.39 is 11.7 Å². The molecular formula is C31H36F3N5O3. The van der Waals surface area contributed by atoms with Crippen LogP contribution in [-0.2, 0) is 22.3 Å². The molecule has 2 aromatic heterocycles. The summed E-state index contributed by atoms with van der Waals surface area (Å²) in [6.07, 6.45) is 3.76. The Morgan fingerprint density at radius 1 is 1.07 bits per heavy atom. The van der Waals surface area contributed by atoms with E-state index in [0.717, 1.165) is 55.3 Å². The van der Waals surface area contributed by atoms with Crippen LogP contribution in [0.25, 0.3) is 6.08 Å². The average molecular weight is 584 g/mol. The van der Waals surface area contributed by atoms with Crippen molar-refractivity contribution in [1.82, 2.24) is 19.8 Å². The van der Waals surface area contributed by atoms with Gasteiger partial charge in [-0.3, -0.25) is 14.6 Å². The zero-order valence-electron chi connectivity index (χ0n) is 23.9. The number of rotatable bonds is 8. The predicted molar refractivity (Wildman–Crippen MR) is 156 cm³/mol. The number of carbonyl (C=O) groups excluding carboxylic acids is 1. The second-order valence-corrected chi connectivity index (χ2v) is 10.1. The maximum Gasteiger partial charge on any atom is 0.416 e. The summed E-state index contributed by atoms with van der Waals surface area (Å²) in [7, 11) is 1.93. The van der Waals surface area contributed by atoms with E-state index in [2.05, 4.69) is 23.7 Å². The molecule has 1 aromatic carbocycles. The highest BCUT2D eigenvalue weighted by molar-refractivity contribution is 5.92. The topological polar surface area (TPSA) is 89.9 Å². The lowest BCUT2D eigenvalue weighted by Crippen LogP contribution is -2.48. The molecule has 3 heterocycles. The van der Waals surface area contributed by atoms with E-state index in [1.165, 1.54) is 18.2 Å². The number of pyridine rings is 2. The minimum atomic E-state index is -4.40. The highest BCUT2D eigenvalue weighted by Crippen LogP contribution is 2.29. The van der Waals surface area contributed by atoms with Gasteiger partial charge in [-0.15, -0.1) is 0 Å².